The van der Waals surface area contributed by atoms with Gasteiger partial charge in [0, 0.05) is 28.3 Å². The van der Waals surface area contributed by atoms with Crippen LogP contribution in [0.4, 0.5) is 0 Å². The summed E-state index contributed by atoms with van der Waals surface area (Å²) in [4.78, 5) is 11.5. The monoisotopic (exact) mass is 569 g/mol. The van der Waals surface area contributed by atoms with Gasteiger partial charge in [0.1, 0.15) is 12.0 Å². The lowest BCUT2D eigenvalue weighted by atomic mass is 9.82. The van der Waals surface area contributed by atoms with E-state index in [1.54, 1.807) is 36.5 Å². The minimum absolute atomic E-state index is 0.177. The zero-order valence-electron chi connectivity index (χ0n) is 24.8. The highest BCUT2D eigenvalue weighted by atomic mass is 32.2. The Morgan fingerprint density at radius 3 is 2.32 bits per heavy atom. The number of hydrogen-bond donors (Lipinski definition) is 0. The molecule has 4 rings (SSSR count). The molecule has 0 saturated carbocycles. The van der Waals surface area contributed by atoms with Crippen molar-refractivity contribution in [2.24, 2.45) is 0 Å². The van der Waals surface area contributed by atoms with Gasteiger partial charge in [-0.3, -0.25) is 4.79 Å². The predicted molar refractivity (Wildman–Crippen MR) is 170 cm³/mol. The van der Waals surface area contributed by atoms with Crippen molar-refractivity contribution in [1.29, 1.82) is 0 Å². The van der Waals surface area contributed by atoms with Crippen LogP contribution in [0.15, 0.2) is 84.4 Å². The van der Waals surface area contributed by atoms with E-state index in [4.69, 9.17) is 4.74 Å². The molecule has 0 N–H and O–H groups in total. The Morgan fingerprint density at radius 1 is 1.00 bits per heavy atom. The van der Waals surface area contributed by atoms with Gasteiger partial charge in [-0.05, 0) is 90.4 Å². The fourth-order valence-corrected chi connectivity index (χ4v) is 6.21. The molecule has 0 atom stereocenters. The third-order valence-corrected chi connectivity index (χ3v) is 8.98. The summed E-state index contributed by atoms with van der Waals surface area (Å²) in [5.74, 6) is 0.695. The summed E-state index contributed by atoms with van der Waals surface area (Å²) in [6.45, 7) is 17.2. The lowest BCUT2D eigenvalue weighted by molar-refractivity contribution is -0.104. The summed E-state index contributed by atoms with van der Waals surface area (Å²) in [6, 6.07) is 18.3. The lowest BCUT2D eigenvalue weighted by Gasteiger charge is -2.24. The van der Waals surface area contributed by atoms with Crippen molar-refractivity contribution in [2.45, 2.75) is 64.7 Å². The number of nitrogens with zero attached hydrogens (tertiary/aromatic N) is 1. The van der Waals surface area contributed by atoms with Crippen LogP contribution >= 0.6 is 0 Å². The van der Waals surface area contributed by atoms with E-state index in [-0.39, 0.29) is 10.3 Å². The first kappa shape index (κ1) is 30.1. The summed E-state index contributed by atoms with van der Waals surface area (Å²) in [7, 11) is -3.91. The number of carbonyl (C=O) groups excluding carboxylic acids is 1. The molecule has 0 spiro atoms. The molecule has 0 aliphatic rings. The Morgan fingerprint density at radius 2 is 1.71 bits per heavy atom. The Balaban J connectivity index is 2.14. The molecule has 0 saturated heterocycles. The topological polar surface area (TPSA) is 65.4 Å². The van der Waals surface area contributed by atoms with Crippen LogP contribution in [0.25, 0.3) is 33.2 Å². The van der Waals surface area contributed by atoms with Gasteiger partial charge < -0.3 is 4.74 Å². The van der Waals surface area contributed by atoms with Crippen LogP contribution in [0.5, 0.6) is 5.75 Å². The largest absolute Gasteiger partial charge is 0.492 e. The zero-order chi connectivity index (χ0) is 29.9. The smallest absolute Gasteiger partial charge is 0.268 e. The third kappa shape index (κ3) is 6.08. The number of allylic oxidation sites excluding steroid dienone is 3. The molecule has 0 unspecified atom stereocenters. The van der Waals surface area contributed by atoms with Gasteiger partial charge in [-0.25, -0.2) is 12.4 Å². The van der Waals surface area contributed by atoms with Crippen molar-refractivity contribution in [3.63, 3.8) is 0 Å². The first-order chi connectivity index (χ1) is 19.4. The van der Waals surface area contributed by atoms with Crippen molar-refractivity contribution in [3.05, 3.63) is 96.2 Å². The average molecular weight is 570 g/mol. The fourth-order valence-electron chi connectivity index (χ4n) is 4.82. The molecule has 0 radical (unpaired) electrons. The van der Waals surface area contributed by atoms with E-state index in [1.807, 2.05) is 32.0 Å². The maximum Gasteiger partial charge on any atom is 0.268 e. The van der Waals surface area contributed by atoms with Gasteiger partial charge in [-0.15, -0.1) is 0 Å². The molecular weight excluding hydrogens is 530 g/mol. The van der Waals surface area contributed by atoms with E-state index in [0.717, 1.165) is 63.5 Å². The molecule has 0 aliphatic heterocycles. The normalized spacial score (nSPS) is 12.5. The van der Waals surface area contributed by atoms with Crippen molar-refractivity contribution in [3.8, 4) is 16.9 Å². The summed E-state index contributed by atoms with van der Waals surface area (Å²) >= 11 is 0. The van der Waals surface area contributed by atoms with E-state index in [0.29, 0.717) is 17.9 Å². The molecule has 3 aromatic carbocycles. The first-order valence-corrected chi connectivity index (χ1v) is 15.4. The Hall–Kier alpha value is -3.90. The molecule has 0 amide bonds. The van der Waals surface area contributed by atoms with Gasteiger partial charge in [0.05, 0.1) is 17.0 Å². The van der Waals surface area contributed by atoms with E-state index >= 15 is 0 Å². The zero-order valence-corrected chi connectivity index (χ0v) is 25.6. The number of ether oxygens (including phenoxy) is 1. The molecule has 0 fully saturated rings. The summed E-state index contributed by atoms with van der Waals surface area (Å²) in [5.41, 5.74) is 6.41. The van der Waals surface area contributed by atoms with Gasteiger partial charge in [-0.2, -0.15) is 0 Å². The number of rotatable bonds is 10. The number of aldehydes is 1. The molecule has 6 heteroatoms. The van der Waals surface area contributed by atoms with Crippen molar-refractivity contribution in [2.75, 3.05) is 6.61 Å². The summed E-state index contributed by atoms with van der Waals surface area (Å²) in [5, 5.41) is 0.750. The molecule has 5 nitrogen and oxygen atoms in total. The van der Waals surface area contributed by atoms with Crippen molar-refractivity contribution in [1.82, 2.24) is 3.97 Å². The van der Waals surface area contributed by atoms with E-state index in [9.17, 15) is 13.2 Å². The highest BCUT2D eigenvalue weighted by Crippen LogP contribution is 2.44. The molecule has 0 aliphatic carbocycles. The Bertz CT molecular complexity index is 1740. The number of aromatic nitrogens is 1. The van der Waals surface area contributed by atoms with Crippen molar-refractivity contribution >= 4 is 38.4 Å². The van der Waals surface area contributed by atoms with Crippen LogP contribution in [0.3, 0.4) is 0 Å². The molecule has 0 bridgehead atoms. The van der Waals surface area contributed by atoms with Crippen LogP contribution < -0.4 is 4.74 Å². The van der Waals surface area contributed by atoms with E-state index in [2.05, 4.69) is 46.4 Å². The molecule has 1 aromatic heterocycles. The lowest BCUT2D eigenvalue weighted by Crippen LogP contribution is -2.13. The SMILES string of the molecule is C=C(C)c1cc(C(C)(C)C)cc(-c2cn(S(=O)(=O)c3ccccc3)c3ccc(/C(C)=C/C=O)cc23)c1OCCCC. The van der Waals surface area contributed by atoms with E-state index < -0.39 is 10.0 Å². The average Bonchev–Trinajstić information content (AvgIpc) is 3.32. The second kappa shape index (κ2) is 11.9. The predicted octanol–water partition coefficient (Wildman–Crippen LogP) is 8.66. The minimum Gasteiger partial charge on any atom is -0.492 e. The van der Waals surface area contributed by atoms with Gasteiger partial charge >= 0.3 is 0 Å². The Labute approximate surface area is 244 Å². The number of benzene rings is 3. The second-order valence-corrected chi connectivity index (χ2v) is 13.3. The number of hydrogen-bond acceptors (Lipinski definition) is 4. The molecule has 214 valence electrons. The molecule has 1 heterocycles. The van der Waals surface area contributed by atoms with Crippen LogP contribution in [-0.2, 0) is 20.2 Å². The van der Waals surface area contributed by atoms with Gasteiger partial charge in [0.25, 0.3) is 10.0 Å². The summed E-state index contributed by atoms with van der Waals surface area (Å²) in [6.07, 6.45) is 5.85. The van der Waals surface area contributed by atoms with Crippen molar-refractivity contribution < 1.29 is 17.9 Å². The fraction of sp³-hybridized carbons (Fsp3) is 0.286. The van der Waals surface area contributed by atoms with E-state index in [1.165, 1.54) is 10.0 Å². The molecule has 41 heavy (non-hydrogen) atoms. The van der Waals surface area contributed by atoms with Gasteiger partial charge in [0.15, 0.2) is 0 Å². The van der Waals surface area contributed by atoms with Crippen LogP contribution in [0.1, 0.15) is 71.1 Å². The first-order valence-electron chi connectivity index (χ1n) is 14.0. The molecular formula is C35H39NO4S. The van der Waals surface area contributed by atoms with Gasteiger partial charge in [-0.1, -0.05) is 65.0 Å². The quantitative estimate of drug-likeness (QED) is 0.109. The molecule has 4 aromatic rings. The standard InChI is InChI=1S/C35H39NO4S/c1-8-9-19-40-34-29(24(2)3)21-27(35(5,6)7)22-31(34)32-23-36(41(38,39)28-13-11-10-12-14-28)33-16-15-26(20-30(32)33)25(4)17-18-37/h10-18,20-23H,2,8-9,19H2,1,3-7H3/b25-17+. The van der Waals surface area contributed by atoms with Crippen LogP contribution in [-0.4, -0.2) is 25.3 Å². The number of unbranched alkanes of at least 4 members (excludes halogenated alkanes) is 1. The van der Waals surface area contributed by atoms with Crippen LogP contribution in [0.2, 0.25) is 0 Å². The minimum atomic E-state index is -3.91. The second-order valence-electron chi connectivity index (χ2n) is 11.5. The summed E-state index contributed by atoms with van der Waals surface area (Å²) < 4.78 is 35.8. The third-order valence-electron chi connectivity index (χ3n) is 7.29. The highest BCUT2D eigenvalue weighted by Gasteiger charge is 2.26. The number of fused-ring (bicyclic) bond motifs is 1. The maximum absolute atomic E-state index is 14.0. The highest BCUT2D eigenvalue weighted by molar-refractivity contribution is 7.90. The van der Waals surface area contributed by atoms with Crippen LogP contribution in [0, 0.1) is 0 Å². The van der Waals surface area contributed by atoms with Gasteiger partial charge in [0.2, 0.25) is 0 Å². The number of carbonyl (C=O) groups is 1. The Kier molecular flexibility index (Phi) is 8.74. The maximum atomic E-state index is 14.0.